The van der Waals surface area contributed by atoms with Gasteiger partial charge in [0.05, 0.1) is 19.3 Å². The summed E-state index contributed by atoms with van der Waals surface area (Å²) in [5.41, 5.74) is 0. The van der Waals surface area contributed by atoms with Crippen LogP contribution in [0.4, 0.5) is 0 Å². The Morgan fingerprint density at radius 2 is 2.15 bits per heavy atom. The van der Waals surface area contributed by atoms with Crippen LogP contribution in [0.5, 0.6) is 0 Å². The van der Waals surface area contributed by atoms with Crippen LogP contribution in [-0.2, 0) is 4.74 Å². The minimum absolute atomic E-state index is 0.312. The number of likely N-dealkylation sites (tertiary alicyclic amines) is 1. The zero-order valence-electron chi connectivity index (χ0n) is 8.11. The maximum absolute atomic E-state index is 9.24. The molecule has 0 aromatic heterocycles. The molecule has 2 aliphatic heterocycles. The van der Waals surface area contributed by atoms with Gasteiger partial charge >= 0.3 is 0 Å². The monoisotopic (exact) mass is 185 g/mol. The van der Waals surface area contributed by atoms with Crippen molar-refractivity contribution < 1.29 is 9.84 Å². The second-order valence-electron chi connectivity index (χ2n) is 4.14. The van der Waals surface area contributed by atoms with E-state index in [4.69, 9.17) is 4.74 Å². The van der Waals surface area contributed by atoms with Crippen LogP contribution in [0.1, 0.15) is 25.7 Å². The Morgan fingerprint density at radius 3 is 2.85 bits per heavy atom. The van der Waals surface area contributed by atoms with Gasteiger partial charge in [-0.2, -0.15) is 0 Å². The first kappa shape index (κ1) is 9.44. The lowest BCUT2D eigenvalue weighted by atomic mass is 10.1. The Morgan fingerprint density at radius 1 is 1.31 bits per heavy atom. The van der Waals surface area contributed by atoms with Crippen molar-refractivity contribution in [3.05, 3.63) is 0 Å². The van der Waals surface area contributed by atoms with Gasteiger partial charge in [0.1, 0.15) is 0 Å². The molecule has 3 nitrogen and oxygen atoms in total. The largest absolute Gasteiger partial charge is 0.395 e. The van der Waals surface area contributed by atoms with Gasteiger partial charge in [-0.15, -0.1) is 0 Å². The molecule has 0 saturated carbocycles. The summed E-state index contributed by atoms with van der Waals surface area (Å²) in [6.45, 7) is 3.41. The molecule has 0 bridgehead atoms. The van der Waals surface area contributed by atoms with Gasteiger partial charge in [-0.25, -0.2) is 0 Å². The van der Waals surface area contributed by atoms with Crippen molar-refractivity contribution in [3.63, 3.8) is 0 Å². The minimum atomic E-state index is 0.312. The van der Waals surface area contributed by atoms with Crippen molar-refractivity contribution in [1.82, 2.24) is 4.90 Å². The summed E-state index contributed by atoms with van der Waals surface area (Å²) in [5, 5.41) is 9.24. The van der Waals surface area contributed by atoms with Crippen LogP contribution < -0.4 is 0 Å². The van der Waals surface area contributed by atoms with E-state index in [-0.39, 0.29) is 0 Å². The van der Waals surface area contributed by atoms with E-state index in [2.05, 4.69) is 4.90 Å². The van der Waals surface area contributed by atoms with Crippen molar-refractivity contribution in [2.45, 2.75) is 37.8 Å². The Kier molecular flexibility index (Phi) is 3.19. The third-order valence-electron chi connectivity index (χ3n) is 3.05. The second-order valence-corrected chi connectivity index (χ2v) is 4.14. The van der Waals surface area contributed by atoms with Gasteiger partial charge in [0, 0.05) is 12.6 Å². The first-order chi connectivity index (χ1) is 6.40. The van der Waals surface area contributed by atoms with Crippen LogP contribution in [0.2, 0.25) is 0 Å². The van der Waals surface area contributed by atoms with E-state index in [0.29, 0.717) is 18.8 Å². The Labute approximate surface area is 79.7 Å². The maximum Gasteiger partial charge on any atom is 0.0936 e. The molecule has 0 radical (unpaired) electrons. The van der Waals surface area contributed by atoms with E-state index in [0.717, 1.165) is 26.1 Å². The van der Waals surface area contributed by atoms with Gasteiger partial charge in [0.15, 0.2) is 0 Å². The van der Waals surface area contributed by atoms with Gasteiger partial charge < -0.3 is 9.84 Å². The minimum Gasteiger partial charge on any atom is -0.395 e. The van der Waals surface area contributed by atoms with Gasteiger partial charge in [0.25, 0.3) is 0 Å². The van der Waals surface area contributed by atoms with Crippen LogP contribution >= 0.6 is 0 Å². The quantitative estimate of drug-likeness (QED) is 0.655. The van der Waals surface area contributed by atoms with Crippen molar-refractivity contribution in [1.29, 1.82) is 0 Å². The average molecular weight is 185 g/mol. The topological polar surface area (TPSA) is 36.0 Å². The molecule has 2 heterocycles. The van der Waals surface area contributed by atoms with Gasteiger partial charge in [0.2, 0.25) is 0 Å². The summed E-state index contributed by atoms with van der Waals surface area (Å²) in [5.74, 6) is 0. The first-order valence-corrected chi connectivity index (χ1v) is 5.36. The molecule has 0 aromatic rings. The fourth-order valence-electron chi connectivity index (χ4n) is 2.12. The first-order valence-electron chi connectivity index (χ1n) is 5.36. The lowest BCUT2D eigenvalue weighted by molar-refractivity contribution is 0.116. The summed E-state index contributed by atoms with van der Waals surface area (Å²) >= 11 is 0. The van der Waals surface area contributed by atoms with Gasteiger partial charge in [-0.3, -0.25) is 4.90 Å². The fourth-order valence-corrected chi connectivity index (χ4v) is 2.12. The number of hydrogen-bond donors (Lipinski definition) is 1. The molecule has 0 amide bonds. The number of ether oxygens (including phenoxy) is 1. The molecule has 3 heteroatoms. The number of aliphatic hydroxyl groups is 1. The molecular formula is C10H19NO2. The van der Waals surface area contributed by atoms with Crippen LogP contribution in [-0.4, -0.2) is 48.5 Å². The molecule has 76 valence electrons. The molecule has 2 atom stereocenters. The van der Waals surface area contributed by atoms with E-state index >= 15 is 0 Å². The Bertz CT molecular complexity index is 159. The highest BCUT2D eigenvalue weighted by Crippen LogP contribution is 2.19. The Balaban J connectivity index is 1.85. The van der Waals surface area contributed by atoms with E-state index in [1.54, 1.807) is 0 Å². The fraction of sp³-hybridized carbons (Fsp3) is 1.00. The molecule has 1 N–H and O–H groups in total. The van der Waals surface area contributed by atoms with Crippen LogP contribution in [0, 0.1) is 0 Å². The third-order valence-corrected chi connectivity index (χ3v) is 3.05. The molecule has 2 saturated heterocycles. The average Bonchev–Trinajstić information content (AvgIpc) is 2.93. The number of epoxide rings is 1. The van der Waals surface area contributed by atoms with Crippen molar-refractivity contribution >= 4 is 0 Å². The van der Waals surface area contributed by atoms with Crippen molar-refractivity contribution in [2.24, 2.45) is 0 Å². The molecule has 0 spiro atoms. The summed E-state index contributed by atoms with van der Waals surface area (Å²) in [7, 11) is 0. The summed E-state index contributed by atoms with van der Waals surface area (Å²) in [4.78, 5) is 2.41. The smallest absolute Gasteiger partial charge is 0.0936 e. The van der Waals surface area contributed by atoms with Crippen LogP contribution in [0.25, 0.3) is 0 Å². The van der Waals surface area contributed by atoms with Gasteiger partial charge in [-0.05, 0) is 19.4 Å². The SMILES string of the molecule is OCC1CCCCCN1CC1CO1. The zero-order chi connectivity index (χ0) is 9.10. The van der Waals surface area contributed by atoms with Crippen LogP contribution in [0.15, 0.2) is 0 Å². The van der Waals surface area contributed by atoms with Gasteiger partial charge in [-0.1, -0.05) is 12.8 Å². The normalized spacial score (nSPS) is 35.8. The highest BCUT2D eigenvalue weighted by atomic mass is 16.6. The summed E-state index contributed by atoms with van der Waals surface area (Å²) in [6.07, 6.45) is 5.49. The predicted octanol–water partition coefficient (Wildman–Crippen LogP) is 0.622. The van der Waals surface area contributed by atoms with Crippen molar-refractivity contribution in [3.8, 4) is 0 Å². The zero-order valence-corrected chi connectivity index (χ0v) is 8.11. The molecule has 0 aliphatic carbocycles. The lowest BCUT2D eigenvalue weighted by Gasteiger charge is -2.27. The Hall–Kier alpha value is -0.120. The molecular weight excluding hydrogens is 166 g/mol. The molecule has 2 unspecified atom stereocenters. The van der Waals surface area contributed by atoms with E-state index in [1.807, 2.05) is 0 Å². The number of aliphatic hydroxyl groups excluding tert-OH is 1. The molecule has 2 aliphatic rings. The number of nitrogens with zero attached hydrogens (tertiary/aromatic N) is 1. The number of rotatable bonds is 3. The maximum atomic E-state index is 9.24. The highest BCUT2D eigenvalue weighted by molar-refractivity contribution is 4.81. The molecule has 2 rings (SSSR count). The van der Waals surface area contributed by atoms with E-state index in [9.17, 15) is 5.11 Å². The van der Waals surface area contributed by atoms with Crippen molar-refractivity contribution in [2.75, 3.05) is 26.3 Å². The highest BCUT2D eigenvalue weighted by Gasteiger charge is 2.29. The molecule has 2 fully saturated rings. The second kappa shape index (κ2) is 4.40. The van der Waals surface area contributed by atoms with E-state index in [1.165, 1.54) is 19.3 Å². The standard InChI is InChI=1S/C10H19NO2/c12-7-9-4-2-1-3-5-11(9)6-10-8-13-10/h9-10,12H,1-8H2. The van der Waals surface area contributed by atoms with E-state index < -0.39 is 0 Å². The molecule has 0 aromatic carbocycles. The summed E-state index contributed by atoms with van der Waals surface area (Å²) < 4.78 is 5.22. The number of hydrogen-bond acceptors (Lipinski definition) is 3. The summed E-state index contributed by atoms with van der Waals surface area (Å²) in [6, 6.07) is 0.395. The lowest BCUT2D eigenvalue weighted by Crippen LogP contribution is -2.39. The molecule has 13 heavy (non-hydrogen) atoms. The third kappa shape index (κ3) is 2.66. The predicted molar refractivity (Wildman–Crippen MR) is 50.7 cm³/mol. The van der Waals surface area contributed by atoms with Crippen LogP contribution in [0.3, 0.4) is 0 Å².